The minimum Gasteiger partial charge on any atom is -0.349 e. The number of unbranched alkanes of at least 4 members (excludes halogenated alkanes) is 1. The summed E-state index contributed by atoms with van der Waals surface area (Å²) in [4.78, 5) is 2.12. The highest BCUT2D eigenvalue weighted by Gasteiger charge is 2.00. The van der Waals surface area contributed by atoms with Crippen molar-refractivity contribution in [2.75, 3.05) is 34.2 Å². The van der Waals surface area contributed by atoms with Crippen molar-refractivity contribution in [3.05, 3.63) is 18.7 Å². The van der Waals surface area contributed by atoms with Crippen molar-refractivity contribution in [2.24, 2.45) is 0 Å². The summed E-state index contributed by atoms with van der Waals surface area (Å²) in [6.07, 6.45) is 9.05. The van der Waals surface area contributed by atoms with Crippen LogP contribution in [0.4, 0.5) is 0 Å². The monoisotopic (exact) mass is 286 g/mol. The van der Waals surface area contributed by atoms with E-state index in [0.717, 1.165) is 19.6 Å². The third-order valence-electron chi connectivity index (χ3n) is 2.90. The largest absolute Gasteiger partial charge is 0.349 e. The molecule has 0 atom stereocenters. The van der Waals surface area contributed by atoms with E-state index in [9.17, 15) is 0 Å². The zero-order valence-electron chi connectivity index (χ0n) is 14.9. The van der Waals surface area contributed by atoms with Crippen LogP contribution in [0.2, 0.25) is 0 Å². The van der Waals surface area contributed by atoms with E-state index in [1.165, 1.54) is 19.4 Å². The van der Waals surface area contributed by atoms with E-state index in [1.54, 1.807) is 0 Å². The summed E-state index contributed by atoms with van der Waals surface area (Å²) in [5, 5.41) is 2.24. The van der Waals surface area contributed by atoms with E-state index in [-0.39, 0.29) is 0 Å². The highest BCUT2D eigenvalue weighted by molar-refractivity contribution is 4.64. The zero-order chi connectivity index (χ0) is 15.8. The minimum absolute atomic E-state index is 1.07. The van der Waals surface area contributed by atoms with Crippen molar-refractivity contribution in [3.8, 4) is 0 Å². The van der Waals surface area contributed by atoms with Crippen molar-refractivity contribution in [1.29, 1.82) is 0 Å². The van der Waals surface area contributed by atoms with Crippen LogP contribution in [0.1, 0.15) is 40.5 Å². The lowest BCUT2D eigenvalue weighted by molar-refractivity contribution is -0.698. The first-order chi connectivity index (χ1) is 9.63. The predicted molar refractivity (Wildman–Crippen MR) is 87.8 cm³/mol. The molecule has 1 heterocycles. The molecule has 0 aliphatic carbocycles. The van der Waals surface area contributed by atoms with Crippen molar-refractivity contribution in [1.82, 2.24) is 9.47 Å². The van der Waals surface area contributed by atoms with Crippen molar-refractivity contribution >= 4 is 0 Å². The summed E-state index contributed by atoms with van der Waals surface area (Å²) < 4.78 is 4.46. The van der Waals surface area contributed by atoms with E-state index in [1.807, 2.05) is 13.8 Å². The molecule has 120 valence electrons. The van der Waals surface area contributed by atoms with Crippen LogP contribution in [0, 0.1) is 0 Å². The maximum Gasteiger partial charge on any atom is 0.243 e. The summed E-state index contributed by atoms with van der Waals surface area (Å²) in [5.74, 6) is 0. The molecule has 0 fully saturated rings. The molecular weight excluding hydrogens is 248 g/mol. The fraction of sp³-hybridized carbons (Fsp3) is 0.812. The van der Waals surface area contributed by atoms with Gasteiger partial charge in [-0.1, -0.05) is 20.8 Å². The Balaban J connectivity index is 0. The molecule has 0 amide bonds. The first kappa shape index (κ1) is 21.4. The summed E-state index contributed by atoms with van der Waals surface area (Å²) >= 11 is 0. The Bertz CT molecular complexity index is 282. The Hall–Kier alpha value is -0.870. The van der Waals surface area contributed by atoms with E-state index in [0.29, 0.717) is 0 Å². The fourth-order valence-electron chi connectivity index (χ4n) is 1.40. The molecule has 1 rings (SSSR count). The SMILES string of the molecule is CC.CCN(C)C.CCn1cc[n+](CCCC[NH2+]C)c1. The summed E-state index contributed by atoms with van der Waals surface area (Å²) in [6, 6.07) is 0. The molecule has 4 heteroatoms. The molecule has 0 saturated carbocycles. The van der Waals surface area contributed by atoms with E-state index in [4.69, 9.17) is 0 Å². The smallest absolute Gasteiger partial charge is 0.243 e. The number of quaternary nitrogens is 1. The van der Waals surface area contributed by atoms with Crippen LogP contribution in [-0.4, -0.2) is 43.7 Å². The van der Waals surface area contributed by atoms with Gasteiger partial charge in [0.15, 0.2) is 0 Å². The molecule has 2 N–H and O–H groups in total. The van der Waals surface area contributed by atoms with Gasteiger partial charge in [-0.05, 0) is 34.0 Å². The number of hydrogen-bond acceptors (Lipinski definition) is 1. The molecule has 0 aromatic carbocycles. The van der Waals surface area contributed by atoms with Gasteiger partial charge in [-0.15, -0.1) is 0 Å². The van der Waals surface area contributed by atoms with Crippen molar-refractivity contribution in [3.63, 3.8) is 0 Å². The van der Waals surface area contributed by atoms with Gasteiger partial charge < -0.3 is 10.2 Å². The van der Waals surface area contributed by atoms with Crippen molar-refractivity contribution in [2.45, 2.75) is 53.6 Å². The molecule has 0 saturated heterocycles. The lowest BCUT2D eigenvalue weighted by Gasteiger charge is -2.00. The van der Waals surface area contributed by atoms with Crippen LogP contribution in [0.3, 0.4) is 0 Å². The Labute approximate surface area is 126 Å². The second kappa shape index (κ2) is 16.2. The maximum absolute atomic E-state index is 2.26. The third-order valence-corrected chi connectivity index (χ3v) is 2.90. The van der Waals surface area contributed by atoms with Gasteiger partial charge in [0.25, 0.3) is 0 Å². The van der Waals surface area contributed by atoms with Gasteiger partial charge in [0.2, 0.25) is 6.33 Å². The number of rotatable bonds is 7. The number of nitrogens with two attached hydrogens (primary N) is 1. The number of imidazole rings is 1. The summed E-state index contributed by atoms with van der Waals surface area (Å²) in [7, 11) is 6.24. The molecule has 4 nitrogen and oxygen atoms in total. The van der Waals surface area contributed by atoms with Crippen LogP contribution >= 0.6 is 0 Å². The van der Waals surface area contributed by atoms with E-state index < -0.39 is 0 Å². The first-order valence-electron chi connectivity index (χ1n) is 8.11. The number of nitrogens with zero attached hydrogens (tertiary/aromatic N) is 3. The quantitative estimate of drug-likeness (QED) is 0.595. The summed E-state index contributed by atoms with van der Waals surface area (Å²) in [5.41, 5.74) is 0. The Morgan fingerprint density at radius 2 is 1.75 bits per heavy atom. The minimum atomic E-state index is 1.07. The molecule has 1 aromatic rings. The molecule has 0 aliphatic heterocycles. The molecule has 0 radical (unpaired) electrons. The average Bonchev–Trinajstić information content (AvgIpc) is 2.94. The van der Waals surface area contributed by atoms with Gasteiger partial charge >= 0.3 is 0 Å². The fourth-order valence-corrected chi connectivity index (χ4v) is 1.40. The lowest BCUT2D eigenvalue weighted by Crippen LogP contribution is -2.79. The van der Waals surface area contributed by atoms with Gasteiger partial charge in [-0.25, -0.2) is 9.13 Å². The molecule has 1 aromatic heterocycles. The van der Waals surface area contributed by atoms with E-state index >= 15 is 0 Å². The van der Waals surface area contributed by atoms with Crippen LogP contribution in [0.15, 0.2) is 18.7 Å². The molecule has 0 aliphatic rings. The normalized spacial score (nSPS) is 9.60. The molecule has 0 spiro atoms. The Morgan fingerprint density at radius 3 is 2.15 bits per heavy atom. The van der Waals surface area contributed by atoms with Gasteiger partial charge in [0.1, 0.15) is 12.4 Å². The first-order valence-corrected chi connectivity index (χ1v) is 8.11. The maximum atomic E-state index is 2.26. The topological polar surface area (TPSA) is 28.7 Å². The highest BCUT2D eigenvalue weighted by atomic mass is 15.1. The second-order valence-electron chi connectivity index (χ2n) is 4.78. The molecule has 0 bridgehead atoms. The van der Waals surface area contributed by atoms with Crippen LogP contribution in [0.5, 0.6) is 0 Å². The van der Waals surface area contributed by atoms with Crippen molar-refractivity contribution < 1.29 is 9.88 Å². The molecule has 0 unspecified atom stereocenters. The molecule has 20 heavy (non-hydrogen) atoms. The van der Waals surface area contributed by atoms with Crippen LogP contribution in [-0.2, 0) is 13.1 Å². The van der Waals surface area contributed by atoms with Crippen LogP contribution in [0.25, 0.3) is 0 Å². The number of aromatic nitrogens is 2. The second-order valence-corrected chi connectivity index (χ2v) is 4.78. The Morgan fingerprint density at radius 1 is 1.15 bits per heavy atom. The summed E-state index contributed by atoms with van der Waals surface area (Å²) in [6.45, 7) is 12.9. The standard InChI is InChI=1S/C10H20N3.C4H11N.C2H6/c1-3-12-8-9-13(10-12)7-5-4-6-11-2;1-4-5(2)3;1-2/h8-11H,3-7H2,1-2H3;4H2,1-3H3;1-2H3/q+1;;/p+1. The van der Waals surface area contributed by atoms with Gasteiger partial charge in [0.05, 0.1) is 26.7 Å². The van der Waals surface area contributed by atoms with Gasteiger partial charge in [-0.3, -0.25) is 0 Å². The molecular formula is C16H38N4+2. The number of aryl methyl sites for hydroxylation is 2. The predicted octanol–water partition coefficient (Wildman–Crippen LogP) is 1.36. The highest BCUT2D eigenvalue weighted by Crippen LogP contribution is 1.87. The Kier molecular flexibility index (Phi) is 17.3. The number of hydrogen-bond donors (Lipinski definition) is 1. The zero-order valence-corrected chi connectivity index (χ0v) is 14.9. The van der Waals surface area contributed by atoms with Crippen LogP contribution < -0.4 is 9.88 Å². The average molecular weight is 287 g/mol. The van der Waals surface area contributed by atoms with E-state index in [2.05, 4.69) is 73.1 Å². The van der Waals surface area contributed by atoms with Gasteiger partial charge in [0, 0.05) is 6.42 Å². The van der Waals surface area contributed by atoms with Gasteiger partial charge in [-0.2, -0.15) is 0 Å². The lowest BCUT2D eigenvalue weighted by atomic mass is 10.3. The third kappa shape index (κ3) is 13.6.